The van der Waals surface area contributed by atoms with E-state index in [2.05, 4.69) is 37.4 Å². The Bertz CT molecular complexity index is 3590. The van der Waals surface area contributed by atoms with Crippen LogP contribution in [0.25, 0.3) is 11.0 Å². The Balaban J connectivity index is 1.11. The van der Waals surface area contributed by atoms with E-state index < -0.39 is 65.4 Å². The molecule has 0 unspecified atom stereocenters. The van der Waals surface area contributed by atoms with E-state index in [-0.39, 0.29) is 38.5 Å². The predicted molar refractivity (Wildman–Crippen MR) is 290 cm³/mol. The third-order valence-corrected chi connectivity index (χ3v) is 15.4. The van der Waals surface area contributed by atoms with E-state index in [1.54, 1.807) is 58.4 Å². The molecule has 8 aromatic rings. The van der Waals surface area contributed by atoms with Crippen molar-refractivity contribution in [2.75, 3.05) is 49.2 Å². The van der Waals surface area contributed by atoms with Gasteiger partial charge in [-0.1, -0.05) is 138 Å². The fraction of sp³-hybridized carbons (Fsp3) is 0.246. The van der Waals surface area contributed by atoms with Crippen LogP contribution in [-0.2, 0) is 31.1 Å². The number of cyclic esters (lactones) is 1. The molecule has 0 radical (unpaired) electrons. The molecule has 2 aromatic heterocycles. The van der Waals surface area contributed by atoms with Gasteiger partial charge in [-0.15, -0.1) is 5.10 Å². The summed E-state index contributed by atoms with van der Waals surface area (Å²) in [5, 5.41) is 22.0. The van der Waals surface area contributed by atoms with Gasteiger partial charge in [-0.05, 0) is 71.6 Å². The van der Waals surface area contributed by atoms with Crippen molar-refractivity contribution < 1.29 is 33.8 Å². The molecule has 2 N–H and O–H groups in total. The van der Waals surface area contributed by atoms with Crippen molar-refractivity contribution in [3.8, 4) is 17.6 Å². The van der Waals surface area contributed by atoms with Crippen LogP contribution in [0.3, 0.4) is 0 Å². The first-order valence-corrected chi connectivity index (χ1v) is 26.1. The van der Waals surface area contributed by atoms with Gasteiger partial charge in [0.25, 0.3) is 0 Å². The summed E-state index contributed by atoms with van der Waals surface area (Å²) in [7, 11) is 0. The molecule has 1 spiro atoms. The molecule has 6 heterocycles. The number of imide groups is 1. The predicted octanol–water partition coefficient (Wildman–Crippen LogP) is 7.13. The Kier molecular flexibility index (Phi) is 13.4. The summed E-state index contributed by atoms with van der Waals surface area (Å²) in [6.45, 7) is 2.69. The smallest absolute Gasteiger partial charge is 0.329 e. The van der Waals surface area contributed by atoms with Crippen molar-refractivity contribution in [2.24, 2.45) is 5.92 Å². The van der Waals surface area contributed by atoms with Gasteiger partial charge in [0.2, 0.25) is 17.8 Å². The number of hydrogen-bond acceptors (Lipinski definition) is 13. The highest BCUT2D eigenvalue weighted by Crippen LogP contribution is 2.67. The number of anilines is 2. The van der Waals surface area contributed by atoms with E-state index in [0.717, 1.165) is 27.1 Å². The van der Waals surface area contributed by atoms with E-state index in [9.17, 15) is 5.11 Å². The van der Waals surface area contributed by atoms with Crippen LogP contribution in [0.1, 0.15) is 64.5 Å². The number of aromatic nitrogens is 5. The Morgan fingerprint density at radius 3 is 2.22 bits per heavy atom. The lowest BCUT2D eigenvalue weighted by molar-refractivity contribution is -0.179. The molecule has 0 saturated carbocycles. The Hall–Kier alpha value is -9.24. The summed E-state index contributed by atoms with van der Waals surface area (Å²) in [6, 6.07) is 45.5. The number of urea groups is 1. The van der Waals surface area contributed by atoms with Crippen molar-refractivity contribution in [1.82, 2.24) is 40.1 Å². The first-order valence-electron chi connectivity index (χ1n) is 26.1. The SMILES string of the molecule is C[C@@H](NC(=O)N1C(=O)[C@@]2(c3cc(C#CCn4nnc5ccccc54)ccc31)[C@H](C(=O)N1CCN(c3ncccn3)CC1)[C@H]1C(=O)O[C@H](c3ccccc3)[C@H](c3ccccc3)N1[C@@H]2c1ccccc1OCCO)c1ccccc1. The van der Waals surface area contributed by atoms with Crippen LogP contribution in [0, 0.1) is 17.8 Å². The molecule has 12 rings (SSSR count). The Morgan fingerprint density at radius 2 is 1.47 bits per heavy atom. The van der Waals surface area contributed by atoms with E-state index in [0.29, 0.717) is 47.0 Å². The summed E-state index contributed by atoms with van der Waals surface area (Å²) in [4.78, 5) is 80.7. The molecule has 4 amide bonds. The number of esters is 1. The number of hydrogen-bond donors (Lipinski definition) is 2. The number of rotatable bonds is 11. The fourth-order valence-corrected chi connectivity index (χ4v) is 12.0. The molecule has 390 valence electrons. The third kappa shape index (κ3) is 8.64. The quantitative estimate of drug-likeness (QED) is 0.0985. The number of morpholine rings is 1. The molecule has 17 nitrogen and oxygen atoms in total. The summed E-state index contributed by atoms with van der Waals surface area (Å²) >= 11 is 0. The molecular weight excluding hydrogens is 985 g/mol. The number of benzene rings is 6. The van der Waals surface area contributed by atoms with Crippen molar-refractivity contribution >= 4 is 46.5 Å². The summed E-state index contributed by atoms with van der Waals surface area (Å²) in [6.07, 6.45) is 2.39. The Morgan fingerprint density at radius 1 is 0.795 bits per heavy atom. The van der Waals surface area contributed by atoms with Gasteiger partial charge in [0, 0.05) is 49.7 Å². The molecule has 4 aliphatic rings. The number of aliphatic hydroxyl groups excluding tert-OH is 1. The first kappa shape index (κ1) is 49.6. The minimum atomic E-state index is -2.08. The number of carbonyl (C=O) groups excluding carboxylic acids is 4. The van der Waals surface area contributed by atoms with Gasteiger partial charge in [0.1, 0.15) is 42.0 Å². The first-order chi connectivity index (χ1) is 38.3. The number of para-hydroxylation sites is 2. The number of amides is 4. The molecule has 0 aliphatic carbocycles. The van der Waals surface area contributed by atoms with E-state index in [4.69, 9.17) is 9.47 Å². The van der Waals surface area contributed by atoms with Gasteiger partial charge in [-0.25, -0.2) is 24.3 Å². The number of carbonyl (C=O) groups is 4. The Labute approximate surface area is 450 Å². The van der Waals surface area contributed by atoms with E-state index >= 15 is 19.2 Å². The maximum Gasteiger partial charge on any atom is 0.329 e. The molecule has 78 heavy (non-hydrogen) atoms. The van der Waals surface area contributed by atoms with Crippen LogP contribution in [0.5, 0.6) is 5.75 Å². The lowest BCUT2D eigenvalue weighted by atomic mass is 9.64. The second-order valence-corrected chi connectivity index (χ2v) is 19.7. The van der Waals surface area contributed by atoms with Gasteiger partial charge < -0.3 is 29.7 Å². The van der Waals surface area contributed by atoms with Crippen molar-refractivity contribution in [1.29, 1.82) is 0 Å². The average molecular weight is 1040 g/mol. The lowest BCUT2D eigenvalue weighted by Gasteiger charge is -2.46. The topological polar surface area (TPSA) is 188 Å². The zero-order valence-electron chi connectivity index (χ0n) is 42.6. The number of ether oxygens (including phenoxy) is 2. The molecule has 6 aromatic carbocycles. The zero-order chi connectivity index (χ0) is 53.3. The highest BCUT2D eigenvalue weighted by Gasteiger charge is 2.76. The number of nitrogens with zero attached hydrogens (tertiary/aromatic N) is 9. The fourth-order valence-electron chi connectivity index (χ4n) is 12.0. The van der Waals surface area contributed by atoms with Crippen LogP contribution in [0.4, 0.5) is 16.4 Å². The summed E-state index contributed by atoms with van der Waals surface area (Å²) < 4.78 is 14.9. The standard InChI is InChI=1S/C61H54N10O7/c1-40(42-18-5-2-6-19-42)64-60(76)70-48-29-28-41(17-15-32-69-49-26-13-12-25-47(49)65-66-69)39-46(48)61(58(70)75)51(56(73)67-33-35-68(36-34-67)59-62-30-16-31-63-59)53-57(74)78-54(44-22-9-4-10-23-44)52(43-20-7-3-8-21-43)71(53)55(61)45-24-11-14-27-50(45)77-38-37-72/h2-14,16,18-31,39-40,51-55,72H,32-38H2,1H3,(H,64,76)/t40-,51+,52+,53+,54-,55-,61+/m1/s1. The maximum atomic E-state index is 17.1. The largest absolute Gasteiger partial charge is 0.491 e. The average Bonchev–Trinajstić information content (AvgIpc) is 4.23. The van der Waals surface area contributed by atoms with Gasteiger partial charge in [0.05, 0.1) is 41.9 Å². The molecule has 17 heteroatoms. The van der Waals surface area contributed by atoms with Crippen LogP contribution < -0.4 is 19.9 Å². The van der Waals surface area contributed by atoms with Crippen LogP contribution in [0.15, 0.2) is 176 Å². The van der Waals surface area contributed by atoms with Gasteiger partial charge in [-0.2, -0.15) is 0 Å². The lowest BCUT2D eigenvalue weighted by Crippen LogP contribution is -2.59. The number of nitrogens with one attached hydrogen (secondary N) is 1. The summed E-state index contributed by atoms with van der Waals surface area (Å²) in [5.41, 5.74) is 3.15. The maximum absolute atomic E-state index is 17.1. The van der Waals surface area contributed by atoms with Crippen LogP contribution in [0.2, 0.25) is 0 Å². The van der Waals surface area contributed by atoms with Crippen molar-refractivity contribution in [3.63, 3.8) is 0 Å². The normalized spacial score (nSPS) is 22.1. The molecule has 3 fully saturated rings. The van der Waals surface area contributed by atoms with Crippen LogP contribution >= 0.6 is 0 Å². The van der Waals surface area contributed by atoms with Crippen molar-refractivity contribution in [3.05, 3.63) is 210 Å². The van der Waals surface area contributed by atoms with E-state index in [1.807, 2.05) is 144 Å². The number of aliphatic hydroxyl groups is 1. The molecule has 4 aliphatic heterocycles. The highest BCUT2D eigenvalue weighted by molar-refractivity contribution is 6.25. The van der Waals surface area contributed by atoms with Gasteiger partial charge in [0.15, 0.2) is 0 Å². The minimum absolute atomic E-state index is 0.105. The molecular formula is C61H54N10O7. The monoisotopic (exact) mass is 1040 g/mol. The molecule has 7 atom stereocenters. The molecule has 0 bridgehead atoms. The van der Waals surface area contributed by atoms with Crippen molar-refractivity contribution in [2.45, 2.75) is 49.2 Å². The molecule has 3 saturated heterocycles. The zero-order valence-corrected chi connectivity index (χ0v) is 42.6. The number of piperazine rings is 1. The van der Waals surface area contributed by atoms with Crippen LogP contribution in [-0.4, -0.2) is 109 Å². The van der Waals surface area contributed by atoms with Gasteiger partial charge >= 0.3 is 12.0 Å². The second kappa shape index (κ2) is 21.1. The highest BCUT2D eigenvalue weighted by atomic mass is 16.6. The van der Waals surface area contributed by atoms with E-state index in [1.165, 1.54) is 0 Å². The minimum Gasteiger partial charge on any atom is -0.491 e. The summed E-state index contributed by atoms with van der Waals surface area (Å²) in [5.74, 6) is 3.95. The second-order valence-electron chi connectivity index (χ2n) is 19.7. The number of fused-ring (bicyclic) bond motifs is 4. The third-order valence-electron chi connectivity index (χ3n) is 15.4. The van der Waals surface area contributed by atoms with Gasteiger partial charge in [-0.3, -0.25) is 19.3 Å².